The zero-order chi connectivity index (χ0) is 17.5. The molecule has 3 rings (SSSR count). The van der Waals surface area contributed by atoms with Crippen molar-refractivity contribution < 1.29 is 9.13 Å². The summed E-state index contributed by atoms with van der Waals surface area (Å²) in [7, 11) is 1.71. The molecule has 3 heteroatoms. The van der Waals surface area contributed by atoms with Crippen LogP contribution in [-0.4, -0.2) is 31.6 Å². The van der Waals surface area contributed by atoms with Gasteiger partial charge in [0, 0.05) is 6.54 Å². The van der Waals surface area contributed by atoms with Gasteiger partial charge in [0.1, 0.15) is 11.6 Å². The summed E-state index contributed by atoms with van der Waals surface area (Å²) in [5, 5.41) is 0. The van der Waals surface area contributed by atoms with Gasteiger partial charge in [-0.1, -0.05) is 24.3 Å². The van der Waals surface area contributed by atoms with Gasteiger partial charge in [0.2, 0.25) is 0 Å². The van der Waals surface area contributed by atoms with E-state index in [0.717, 1.165) is 31.1 Å². The first kappa shape index (κ1) is 17.9. The third-order valence-electron chi connectivity index (χ3n) is 5.34. The summed E-state index contributed by atoms with van der Waals surface area (Å²) < 4.78 is 18.2. The molecule has 0 amide bonds. The van der Waals surface area contributed by atoms with E-state index in [0.29, 0.717) is 0 Å². The van der Waals surface area contributed by atoms with E-state index in [1.165, 1.54) is 43.5 Å². The van der Waals surface area contributed by atoms with Gasteiger partial charge in [-0.05, 0) is 86.5 Å². The van der Waals surface area contributed by atoms with Crippen molar-refractivity contribution >= 4 is 0 Å². The highest BCUT2D eigenvalue weighted by Crippen LogP contribution is 2.23. The molecule has 134 valence electrons. The molecule has 1 aliphatic rings. The second-order valence-electron chi connectivity index (χ2n) is 7.05. The van der Waals surface area contributed by atoms with Crippen LogP contribution in [0, 0.1) is 11.7 Å². The Morgan fingerprint density at radius 2 is 1.52 bits per heavy atom. The summed E-state index contributed by atoms with van der Waals surface area (Å²) in [5.41, 5.74) is 2.63. The Kier molecular flexibility index (Phi) is 6.46. The lowest BCUT2D eigenvalue weighted by Gasteiger charge is -2.32. The summed E-state index contributed by atoms with van der Waals surface area (Å²) in [6, 6.07) is 15.4. The Bertz CT molecular complexity index is 630. The van der Waals surface area contributed by atoms with Gasteiger partial charge in [0.05, 0.1) is 7.11 Å². The molecule has 0 radical (unpaired) electrons. The quantitative estimate of drug-likeness (QED) is 0.722. The highest BCUT2D eigenvalue weighted by atomic mass is 19.1. The molecule has 0 atom stereocenters. The fourth-order valence-electron chi connectivity index (χ4n) is 3.60. The molecule has 1 heterocycles. The number of rotatable bonds is 7. The molecule has 0 spiro atoms. The number of ether oxygens (including phenoxy) is 1. The van der Waals surface area contributed by atoms with E-state index in [1.807, 2.05) is 24.3 Å². The van der Waals surface area contributed by atoms with Crippen molar-refractivity contribution in [2.45, 2.75) is 32.1 Å². The molecule has 0 unspecified atom stereocenters. The summed E-state index contributed by atoms with van der Waals surface area (Å²) in [5.74, 6) is 1.61. The molecule has 2 aromatic carbocycles. The lowest BCUT2D eigenvalue weighted by atomic mass is 9.90. The monoisotopic (exact) mass is 341 g/mol. The average Bonchev–Trinajstić information content (AvgIpc) is 2.67. The Labute approximate surface area is 150 Å². The predicted octanol–water partition coefficient (Wildman–Crippen LogP) is 4.72. The Balaban J connectivity index is 1.35. The van der Waals surface area contributed by atoms with Crippen LogP contribution >= 0.6 is 0 Å². The molecule has 0 aliphatic carbocycles. The number of halogens is 1. The van der Waals surface area contributed by atoms with Gasteiger partial charge in [-0.2, -0.15) is 0 Å². The fraction of sp³-hybridized carbons (Fsp3) is 0.455. The minimum absolute atomic E-state index is 0.151. The Hall–Kier alpha value is -1.87. The summed E-state index contributed by atoms with van der Waals surface area (Å²) in [6.45, 7) is 3.46. The van der Waals surface area contributed by atoms with Crippen molar-refractivity contribution in [2.75, 3.05) is 26.7 Å². The van der Waals surface area contributed by atoms with E-state index in [2.05, 4.69) is 17.0 Å². The van der Waals surface area contributed by atoms with Crippen molar-refractivity contribution in [3.63, 3.8) is 0 Å². The summed E-state index contributed by atoms with van der Waals surface area (Å²) in [4.78, 5) is 2.55. The number of methoxy groups -OCH3 is 1. The summed E-state index contributed by atoms with van der Waals surface area (Å²) >= 11 is 0. The molecule has 0 aromatic heterocycles. The van der Waals surface area contributed by atoms with E-state index in [4.69, 9.17) is 4.74 Å². The van der Waals surface area contributed by atoms with Crippen LogP contribution in [0.25, 0.3) is 0 Å². The maximum Gasteiger partial charge on any atom is 0.123 e. The van der Waals surface area contributed by atoms with Crippen LogP contribution in [-0.2, 0) is 12.8 Å². The van der Waals surface area contributed by atoms with Gasteiger partial charge >= 0.3 is 0 Å². The number of nitrogens with zero attached hydrogens (tertiary/aromatic N) is 1. The van der Waals surface area contributed by atoms with Crippen LogP contribution in [0.2, 0.25) is 0 Å². The standard InChI is InChI=1S/C22H28FNO/c1-25-22-10-6-18(7-11-22)2-3-20-13-16-24(17-14-20)15-12-19-4-8-21(23)9-5-19/h4-11,20H,2-3,12-17H2,1H3. The molecule has 25 heavy (non-hydrogen) atoms. The third-order valence-corrected chi connectivity index (χ3v) is 5.34. The predicted molar refractivity (Wildman–Crippen MR) is 101 cm³/mol. The van der Waals surface area contributed by atoms with Crippen LogP contribution in [0.3, 0.4) is 0 Å². The largest absolute Gasteiger partial charge is 0.497 e. The van der Waals surface area contributed by atoms with Crippen molar-refractivity contribution in [3.05, 3.63) is 65.5 Å². The number of aryl methyl sites for hydroxylation is 1. The lowest BCUT2D eigenvalue weighted by molar-refractivity contribution is 0.181. The van der Waals surface area contributed by atoms with Crippen LogP contribution in [0.5, 0.6) is 5.75 Å². The third kappa shape index (κ3) is 5.57. The smallest absolute Gasteiger partial charge is 0.123 e. The van der Waals surface area contributed by atoms with E-state index in [1.54, 1.807) is 19.2 Å². The maximum absolute atomic E-state index is 12.9. The first-order valence-electron chi connectivity index (χ1n) is 9.32. The van der Waals surface area contributed by atoms with Crippen LogP contribution in [0.4, 0.5) is 4.39 Å². The second-order valence-corrected chi connectivity index (χ2v) is 7.05. The van der Waals surface area contributed by atoms with E-state index in [9.17, 15) is 4.39 Å². The normalized spacial score (nSPS) is 16.1. The van der Waals surface area contributed by atoms with E-state index in [-0.39, 0.29) is 5.82 Å². The fourth-order valence-corrected chi connectivity index (χ4v) is 3.60. The van der Waals surface area contributed by atoms with Gasteiger partial charge in [-0.3, -0.25) is 0 Å². The minimum Gasteiger partial charge on any atom is -0.497 e. The van der Waals surface area contributed by atoms with Crippen molar-refractivity contribution in [3.8, 4) is 5.75 Å². The topological polar surface area (TPSA) is 12.5 Å². The van der Waals surface area contributed by atoms with Crippen molar-refractivity contribution in [1.82, 2.24) is 4.90 Å². The molecule has 1 aliphatic heterocycles. The molecule has 0 saturated carbocycles. The van der Waals surface area contributed by atoms with Crippen LogP contribution in [0.15, 0.2) is 48.5 Å². The zero-order valence-electron chi connectivity index (χ0n) is 15.1. The van der Waals surface area contributed by atoms with Crippen LogP contribution < -0.4 is 4.74 Å². The summed E-state index contributed by atoms with van der Waals surface area (Å²) in [6.07, 6.45) is 6.03. The molecule has 1 fully saturated rings. The van der Waals surface area contributed by atoms with Gasteiger partial charge in [0.25, 0.3) is 0 Å². The highest BCUT2D eigenvalue weighted by Gasteiger charge is 2.18. The Morgan fingerprint density at radius 3 is 2.16 bits per heavy atom. The minimum atomic E-state index is -0.151. The number of hydrogen-bond donors (Lipinski definition) is 0. The number of benzene rings is 2. The van der Waals surface area contributed by atoms with Crippen LogP contribution in [0.1, 0.15) is 30.4 Å². The number of hydrogen-bond acceptors (Lipinski definition) is 2. The molecule has 1 saturated heterocycles. The molecular formula is C22H28FNO. The first-order chi connectivity index (χ1) is 12.2. The molecule has 0 bridgehead atoms. The van der Waals surface area contributed by atoms with Gasteiger partial charge in [-0.15, -0.1) is 0 Å². The average molecular weight is 341 g/mol. The van der Waals surface area contributed by atoms with Gasteiger partial charge in [-0.25, -0.2) is 4.39 Å². The van der Waals surface area contributed by atoms with Gasteiger partial charge in [0.15, 0.2) is 0 Å². The number of likely N-dealkylation sites (tertiary alicyclic amines) is 1. The van der Waals surface area contributed by atoms with Gasteiger partial charge < -0.3 is 9.64 Å². The Morgan fingerprint density at radius 1 is 0.920 bits per heavy atom. The zero-order valence-corrected chi connectivity index (χ0v) is 15.1. The van der Waals surface area contributed by atoms with Crippen molar-refractivity contribution in [1.29, 1.82) is 0 Å². The lowest BCUT2D eigenvalue weighted by Crippen LogP contribution is -2.35. The molecule has 2 aromatic rings. The van der Waals surface area contributed by atoms with E-state index >= 15 is 0 Å². The highest BCUT2D eigenvalue weighted by molar-refractivity contribution is 5.27. The first-order valence-corrected chi connectivity index (χ1v) is 9.32. The maximum atomic E-state index is 12.9. The van der Waals surface area contributed by atoms with E-state index < -0.39 is 0 Å². The molecule has 2 nitrogen and oxygen atoms in total. The molecule has 0 N–H and O–H groups in total. The second kappa shape index (κ2) is 9.00. The molecular weight excluding hydrogens is 313 g/mol. The van der Waals surface area contributed by atoms with Crippen molar-refractivity contribution in [2.24, 2.45) is 5.92 Å². The SMILES string of the molecule is COc1ccc(CCC2CCN(CCc3ccc(F)cc3)CC2)cc1. The number of piperidine rings is 1.